The van der Waals surface area contributed by atoms with Gasteiger partial charge in [0, 0.05) is 6.04 Å². The summed E-state index contributed by atoms with van der Waals surface area (Å²) in [7, 11) is 0. The Labute approximate surface area is 66.3 Å². The van der Waals surface area contributed by atoms with Crippen molar-refractivity contribution in [2.75, 3.05) is 0 Å². The maximum Gasteiger partial charge on any atom is 0.180 e. The van der Waals surface area contributed by atoms with E-state index in [-0.39, 0.29) is 0 Å². The zero-order valence-corrected chi connectivity index (χ0v) is 6.87. The van der Waals surface area contributed by atoms with E-state index in [1.165, 1.54) is 12.8 Å². The van der Waals surface area contributed by atoms with E-state index < -0.39 is 0 Å². The molecule has 0 unspecified atom stereocenters. The van der Waals surface area contributed by atoms with Crippen LogP contribution < -0.4 is 16.6 Å². The lowest BCUT2D eigenvalue weighted by Gasteiger charge is -2.13. The Morgan fingerprint density at radius 3 is 2.70 bits per heavy atom. The molecule has 1 aliphatic rings. The van der Waals surface area contributed by atoms with Gasteiger partial charge in [0.05, 0.1) is 0 Å². The van der Waals surface area contributed by atoms with Crippen molar-refractivity contribution in [1.82, 2.24) is 10.7 Å². The van der Waals surface area contributed by atoms with E-state index in [1.807, 2.05) is 0 Å². The third kappa shape index (κ3) is 2.11. The fraction of sp³-hybridized carbons (Fsp3) is 0.833. The van der Waals surface area contributed by atoms with Crippen LogP contribution in [0.2, 0.25) is 0 Å². The zero-order valence-electron chi connectivity index (χ0n) is 6.05. The van der Waals surface area contributed by atoms with E-state index in [4.69, 9.17) is 18.1 Å². The molecule has 0 radical (unpaired) electrons. The van der Waals surface area contributed by atoms with Crippen LogP contribution in [0.4, 0.5) is 0 Å². The Kier molecular flexibility index (Phi) is 2.45. The molecule has 0 spiro atoms. The second-order valence-corrected chi connectivity index (χ2v) is 3.15. The Hall–Kier alpha value is -0.350. The predicted molar refractivity (Wildman–Crippen MR) is 45.2 cm³/mol. The molecule has 58 valence electrons. The molecule has 0 amide bonds. The fourth-order valence-corrected chi connectivity index (χ4v) is 1.15. The quantitative estimate of drug-likeness (QED) is 0.304. The molecule has 3 nitrogen and oxygen atoms in total. The van der Waals surface area contributed by atoms with Gasteiger partial charge in [-0.15, -0.1) is 0 Å². The van der Waals surface area contributed by atoms with Crippen molar-refractivity contribution in [3.63, 3.8) is 0 Å². The lowest BCUT2D eigenvalue weighted by Crippen LogP contribution is -2.44. The molecule has 0 bridgehead atoms. The molecule has 0 aromatic heterocycles. The summed E-state index contributed by atoms with van der Waals surface area (Å²) < 4.78 is 0. The van der Waals surface area contributed by atoms with E-state index in [1.54, 1.807) is 0 Å². The van der Waals surface area contributed by atoms with Crippen LogP contribution in [-0.4, -0.2) is 11.2 Å². The van der Waals surface area contributed by atoms with Gasteiger partial charge in [-0.1, -0.05) is 0 Å². The second kappa shape index (κ2) is 3.16. The summed E-state index contributed by atoms with van der Waals surface area (Å²) in [4.78, 5) is 0. The van der Waals surface area contributed by atoms with Crippen molar-refractivity contribution in [3.8, 4) is 0 Å². The van der Waals surface area contributed by atoms with Gasteiger partial charge >= 0.3 is 0 Å². The largest absolute Gasteiger partial charge is 0.359 e. The highest BCUT2D eigenvalue weighted by Gasteiger charge is 2.27. The molecule has 10 heavy (non-hydrogen) atoms. The molecule has 1 saturated carbocycles. The zero-order chi connectivity index (χ0) is 7.56. The van der Waals surface area contributed by atoms with E-state index >= 15 is 0 Å². The number of hydrogen-bond donors (Lipinski definition) is 3. The van der Waals surface area contributed by atoms with E-state index in [0.717, 1.165) is 5.92 Å². The highest BCUT2D eigenvalue weighted by Crippen LogP contribution is 2.32. The second-order valence-electron chi connectivity index (χ2n) is 2.74. The normalized spacial score (nSPS) is 19.8. The summed E-state index contributed by atoms with van der Waals surface area (Å²) in [6, 6.07) is 0.476. The molecule has 0 aromatic carbocycles. The van der Waals surface area contributed by atoms with Crippen LogP contribution in [0.1, 0.15) is 19.8 Å². The SMILES string of the molecule is C[C@H](NC(=S)NN)C1CC1. The monoisotopic (exact) mass is 159 g/mol. The average molecular weight is 159 g/mol. The summed E-state index contributed by atoms with van der Waals surface area (Å²) >= 11 is 4.83. The summed E-state index contributed by atoms with van der Waals surface area (Å²) in [5.41, 5.74) is 2.40. The van der Waals surface area contributed by atoms with Gasteiger partial charge in [-0.25, -0.2) is 5.84 Å². The van der Waals surface area contributed by atoms with Crippen LogP contribution in [0.5, 0.6) is 0 Å². The van der Waals surface area contributed by atoms with Crippen molar-refractivity contribution >= 4 is 17.3 Å². The third-order valence-corrected chi connectivity index (χ3v) is 2.05. The first kappa shape index (κ1) is 7.75. The first-order valence-corrected chi connectivity index (χ1v) is 3.92. The molecule has 0 aliphatic heterocycles. The number of rotatable bonds is 2. The topological polar surface area (TPSA) is 50.1 Å². The molecule has 4 heteroatoms. The number of hydrogen-bond acceptors (Lipinski definition) is 2. The Bertz CT molecular complexity index is 133. The standard InChI is InChI=1S/C6H13N3S/c1-4(5-2-3-5)8-6(10)9-7/h4-5H,2-3,7H2,1H3,(H2,8,9,10)/t4-/m0/s1. The number of thiocarbonyl (C=S) groups is 1. The van der Waals surface area contributed by atoms with Crippen LogP contribution in [0.3, 0.4) is 0 Å². The van der Waals surface area contributed by atoms with Gasteiger partial charge in [0.25, 0.3) is 0 Å². The smallest absolute Gasteiger partial charge is 0.180 e. The first-order chi connectivity index (χ1) is 4.74. The predicted octanol–water partition coefficient (Wildman–Crippen LogP) is 0.123. The van der Waals surface area contributed by atoms with Crippen molar-refractivity contribution in [3.05, 3.63) is 0 Å². The lowest BCUT2D eigenvalue weighted by molar-refractivity contribution is 0.582. The summed E-state index contributed by atoms with van der Waals surface area (Å²) in [5.74, 6) is 5.90. The Morgan fingerprint density at radius 1 is 1.70 bits per heavy atom. The molecule has 0 heterocycles. The van der Waals surface area contributed by atoms with Crippen LogP contribution in [0, 0.1) is 5.92 Å². The van der Waals surface area contributed by atoms with Crippen molar-refractivity contribution in [2.45, 2.75) is 25.8 Å². The highest BCUT2D eigenvalue weighted by atomic mass is 32.1. The maximum absolute atomic E-state index is 5.09. The highest BCUT2D eigenvalue weighted by molar-refractivity contribution is 7.80. The van der Waals surface area contributed by atoms with E-state index in [9.17, 15) is 0 Å². The van der Waals surface area contributed by atoms with E-state index in [0.29, 0.717) is 11.2 Å². The minimum Gasteiger partial charge on any atom is -0.359 e. The van der Waals surface area contributed by atoms with Crippen molar-refractivity contribution in [1.29, 1.82) is 0 Å². The maximum atomic E-state index is 5.09. The molecule has 0 aromatic rings. The molecule has 0 saturated heterocycles. The molecule has 1 atom stereocenters. The van der Waals surface area contributed by atoms with Gasteiger partial charge in [-0.2, -0.15) is 0 Å². The summed E-state index contributed by atoms with van der Waals surface area (Å²) in [6.07, 6.45) is 2.64. The molecular formula is C6H13N3S. The minimum atomic E-state index is 0.476. The average Bonchev–Trinajstić information content (AvgIpc) is 2.68. The van der Waals surface area contributed by atoms with Gasteiger partial charge in [0.2, 0.25) is 0 Å². The van der Waals surface area contributed by atoms with Crippen LogP contribution >= 0.6 is 12.2 Å². The van der Waals surface area contributed by atoms with Crippen LogP contribution in [0.15, 0.2) is 0 Å². The lowest BCUT2D eigenvalue weighted by atomic mass is 10.2. The Balaban J connectivity index is 2.16. The molecular weight excluding hydrogens is 146 g/mol. The molecule has 1 rings (SSSR count). The molecule has 4 N–H and O–H groups in total. The van der Waals surface area contributed by atoms with Crippen LogP contribution in [-0.2, 0) is 0 Å². The van der Waals surface area contributed by atoms with Gasteiger partial charge < -0.3 is 10.7 Å². The van der Waals surface area contributed by atoms with Crippen molar-refractivity contribution < 1.29 is 0 Å². The summed E-state index contributed by atoms with van der Waals surface area (Å²) in [6.45, 7) is 2.13. The third-order valence-electron chi connectivity index (χ3n) is 1.82. The van der Waals surface area contributed by atoms with E-state index in [2.05, 4.69) is 17.7 Å². The first-order valence-electron chi connectivity index (χ1n) is 3.51. The van der Waals surface area contributed by atoms with Gasteiger partial charge in [-0.3, -0.25) is 0 Å². The summed E-state index contributed by atoms with van der Waals surface area (Å²) in [5, 5.41) is 3.63. The van der Waals surface area contributed by atoms with Crippen molar-refractivity contribution in [2.24, 2.45) is 11.8 Å². The van der Waals surface area contributed by atoms with Gasteiger partial charge in [0.1, 0.15) is 0 Å². The minimum absolute atomic E-state index is 0.476. The number of hydrazine groups is 1. The van der Waals surface area contributed by atoms with Crippen LogP contribution in [0.25, 0.3) is 0 Å². The fourth-order valence-electron chi connectivity index (χ4n) is 0.963. The number of nitrogens with one attached hydrogen (secondary N) is 2. The van der Waals surface area contributed by atoms with Gasteiger partial charge in [-0.05, 0) is 37.9 Å². The molecule has 1 aliphatic carbocycles. The Morgan fingerprint density at radius 2 is 2.30 bits per heavy atom. The van der Waals surface area contributed by atoms with Gasteiger partial charge in [0.15, 0.2) is 5.11 Å². The molecule has 1 fully saturated rings. The number of nitrogens with two attached hydrogens (primary N) is 1.